The van der Waals surface area contributed by atoms with E-state index in [0.717, 1.165) is 19.5 Å². The highest BCUT2D eigenvalue weighted by Gasteiger charge is 1.96. The molecular weight excluding hydrogens is 250 g/mol. The first-order valence-corrected chi connectivity index (χ1v) is 6.62. The van der Waals surface area contributed by atoms with Gasteiger partial charge in [-0.25, -0.2) is 4.98 Å². The Balaban J connectivity index is 1.58. The number of hydrogen-bond donors (Lipinski definition) is 1. The molecule has 0 aliphatic rings. The zero-order valence-electron chi connectivity index (χ0n) is 11.2. The molecule has 102 valence electrons. The molecule has 20 heavy (non-hydrogen) atoms. The van der Waals surface area contributed by atoms with Crippen molar-refractivity contribution in [3.8, 4) is 11.9 Å². The van der Waals surface area contributed by atoms with E-state index in [2.05, 4.69) is 22.4 Å². The summed E-state index contributed by atoms with van der Waals surface area (Å²) in [6.45, 7) is 2.38. The van der Waals surface area contributed by atoms with E-state index in [4.69, 9.17) is 10.00 Å². The molecule has 0 unspecified atom stereocenters. The van der Waals surface area contributed by atoms with E-state index in [9.17, 15) is 0 Å². The van der Waals surface area contributed by atoms with Gasteiger partial charge < -0.3 is 10.1 Å². The number of nitriles is 1. The molecule has 1 N–H and O–H groups in total. The Kier molecular flexibility index (Phi) is 5.56. The van der Waals surface area contributed by atoms with E-state index in [1.165, 1.54) is 11.8 Å². The highest BCUT2D eigenvalue weighted by atomic mass is 16.5. The lowest BCUT2D eigenvalue weighted by Crippen LogP contribution is -2.17. The van der Waals surface area contributed by atoms with Gasteiger partial charge in [0.25, 0.3) is 0 Å². The van der Waals surface area contributed by atoms with E-state index in [-0.39, 0.29) is 0 Å². The third-order valence-electron chi connectivity index (χ3n) is 2.79. The van der Waals surface area contributed by atoms with E-state index >= 15 is 0 Å². The third kappa shape index (κ3) is 4.71. The molecule has 0 fully saturated rings. The van der Waals surface area contributed by atoms with Gasteiger partial charge in [0.05, 0.1) is 12.2 Å². The summed E-state index contributed by atoms with van der Waals surface area (Å²) in [6, 6.07) is 15.7. The minimum absolute atomic E-state index is 0.543. The lowest BCUT2D eigenvalue weighted by atomic mass is 10.2. The molecule has 0 amide bonds. The molecule has 1 heterocycles. The lowest BCUT2D eigenvalue weighted by molar-refractivity contribution is 0.296. The maximum Gasteiger partial charge on any atom is 0.213 e. The number of ether oxygens (including phenoxy) is 1. The zero-order chi connectivity index (χ0) is 14.0. The van der Waals surface area contributed by atoms with Crippen molar-refractivity contribution in [3.05, 3.63) is 59.8 Å². The molecule has 0 aliphatic heterocycles. The number of rotatable bonds is 7. The molecule has 0 aliphatic carbocycles. The van der Waals surface area contributed by atoms with E-state index in [1.807, 2.05) is 24.3 Å². The Morgan fingerprint density at radius 1 is 1.15 bits per heavy atom. The van der Waals surface area contributed by atoms with Crippen LogP contribution in [0.15, 0.2) is 48.7 Å². The Labute approximate surface area is 119 Å². The fourth-order valence-corrected chi connectivity index (χ4v) is 1.73. The van der Waals surface area contributed by atoms with Crippen molar-refractivity contribution in [1.29, 1.82) is 5.26 Å². The summed E-state index contributed by atoms with van der Waals surface area (Å²) in [5.74, 6) is 0.562. The van der Waals surface area contributed by atoms with Crippen LogP contribution in [-0.4, -0.2) is 18.1 Å². The SMILES string of the molecule is N#Cc1ccc(OCCCNCc2ccccc2)nc1. The van der Waals surface area contributed by atoms with Crippen molar-refractivity contribution in [2.24, 2.45) is 0 Å². The van der Waals surface area contributed by atoms with Crippen molar-refractivity contribution in [3.63, 3.8) is 0 Å². The van der Waals surface area contributed by atoms with Gasteiger partial charge in [-0.3, -0.25) is 0 Å². The molecule has 0 spiro atoms. The molecular formula is C16H17N3O. The second-order valence-corrected chi connectivity index (χ2v) is 4.36. The van der Waals surface area contributed by atoms with Crippen LogP contribution in [0.5, 0.6) is 5.88 Å². The van der Waals surface area contributed by atoms with Crippen molar-refractivity contribution in [2.45, 2.75) is 13.0 Å². The van der Waals surface area contributed by atoms with Crippen LogP contribution in [0.2, 0.25) is 0 Å². The minimum atomic E-state index is 0.543. The van der Waals surface area contributed by atoms with Crippen LogP contribution in [0.4, 0.5) is 0 Å². The van der Waals surface area contributed by atoms with Crippen molar-refractivity contribution >= 4 is 0 Å². The van der Waals surface area contributed by atoms with E-state index < -0.39 is 0 Å². The van der Waals surface area contributed by atoms with Crippen LogP contribution in [0.1, 0.15) is 17.5 Å². The van der Waals surface area contributed by atoms with Gasteiger partial charge in [-0.15, -0.1) is 0 Å². The maximum absolute atomic E-state index is 8.66. The number of pyridine rings is 1. The molecule has 4 nitrogen and oxygen atoms in total. The van der Waals surface area contributed by atoms with Gasteiger partial charge in [-0.1, -0.05) is 30.3 Å². The topological polar surface area (TPSA) is 57.9 Å². The number of benzene rings is 1. The molecule has 0 atom stereocenters. The number of nitrogens with zero attached hydrogens (tertiary/aromatic N) is 2. The minimum Gasteiger partial charge on any atom is -0.478 e. The summed E-state index contributed by atoms with van der Waals surface area (Å²) in [5.41, 5.74) is 1.82. The van der Waals surface area contributed by atoms with Gasteiger partial charge >= 0.3 is 0 Å². The van der Waals surface area contributed by atoms with Crippen molar-refractivity contribution in [1.82, 2.24) is 10.3 Å². The average molecular weight is 267 g/mol. The Morgan fingerprint density at radius 3 is 2.70 bits per heavy atom. The van der Waals surface area contributed by atoms with Crippen LogP contribution in [0.25, 0.3) is 0 Å². The Bertz CT molecular complexity index is 546. The van der Waals surface area contributed by atoms with Crippen LogP contribution in [-0.2, 0) is 6.54 Å². The summed E-state index contributed by atoms with van der Waals surface area (Å²) >= 11 is 0. The predicted octanol–water partition coefficient (Wildman–Crippen LogP) is 2.51. The van der Waals surface area contributed by atoms with Crippen LogP contribution in [0.3, 0.4) is 0 Å². The summed E-state index contributed by atoms with van der Waals surface area (Å²) in [4.78, 5) is 4.05. The zero-order valence-corrected chi connectivity index (χ0v) is 11.2. The van der Waals surface area contributed by atoms with E-state index in [0.29, 0.717) is 18.1 Å². The van der Waals surface area contributed by atoms with Gasteiger partial charge in [-0.2, -0.15) is 5.26 Å². The normalized spacial score (nSPS) is 9.95. The second-order valence-electron chi connectivity index (χ2n) is 4.36. The standard InChI is InChI=1S/C16H17N3O/c17-11-15-7-8-16(19-13-15)20-10-4-9-18-12-14-5-2-1-3-6-14/h1-3,5-8,13,18H,4,9-10,12H2. The highest BCUT2D eigenvalue weighted by molar-refractivity contribution is 5.28. The molecule has 1 aromatic carbocycles. The Morgan fingerprint density at radius 2 is 2.00 bits per heavy atom. The number of nitrogens with one attached hydrogen (secondary N) is 1. The van der Waals surface area contributed by atoms with Crippen LogP contribution in [0, 0.1) is 11.3 Å². The summed E-state index contributed by atoms with van der Waals surface area (Å²) in [5, 5.41) is 12.0. The first kappa shape index (κ1) is 14.0. The van der Waals surface area contributed by atoms with Crippen LogP contribution >= 0.6 is 0 Å². The second kappa shape index (κ2) is 7.93. The number of aromatic nitrogens is 1. The van der Waals surface area contributed by atoms with Gasteiger partial charge in [0.1, 0.15) is 6.07 Å². The largest absolute Gasteiger partial charge is 0.478 e. The van der Waals surface area contributed by atoms with E-state index in [1.54, 1.807) is 12.1 Å². The first-order chi connectivity index (χ1) is 9.88. The molecule has 0 saturated heterocycles. The maximum atomic E-state index is 8.66. The fourth-order valence-electron chi connectivity index (χ4n) is 1.73. The summed E-state index contributed by atoms with van der Waals surface area (Å²) in [7, 11) is 0. The number of hydrogen-bond acceptors (Lipinski definition) is 4. The third-order valence-corrected chi connectivity index (χ3v) is 2.79. The molecule has 4 heteroatoms. The molecule has 2 rings (SSSR count). The lowest BCUT2D eigenvalue weighted by Gasteiger charge is -2.06. The average Bonchev–Trinajstić information content (AvgIpc) is 2.52. The quantitative estimate of drug-likeness (QED) is 0.783. The highest BCUT2D eigenvalue weighted by Crippen LogP contribution is 2.06. The molecule has 2 aromatic rings. The van der Waals surface area contributed by atoms with Gasteiger partial charge in [-0.05, 0) is 24.6 Å². The fraction of sp³-hybridized carbons (Fsp3) is 0.250. The smallest absolute Gasteiger partial charge is 0.213 e. The van der Waals surface area contributed by atoms with Gasteiger partial charge in [0.15, 0.2) is 0 Å². The molecule has 0 saturated carbocycles. The molecule has 0 bridgehead atoms. The monoisotopic (exact) mass is 267 g/mol. The molecule has 0 radical (unpaired) electrons. The van der Waals surface area contributed by atoms with Gasteiger partial charge in [0.2, 0.25) is 5.88 Å². The molecule has 1 aromatic heterocycles. The van der Waals surface area contributed by atoms with Crippen molar-refractivity contribution < 1.29 is 4.74 Å². The van der Waals surface area contributed by atoms with Crippen LogP contribution < -0.4 is 10.1 Å². The summed E-state index contributed by atoms with van der Waals surface area (Å²) in [6.07, 6.45) is 2.43. The first-order valence-electron chi connectivity index (χ1n) is 6.62. The Hall–Kier alpha value is -2.38. The van der Waals surface area contributed by atoms with Gasteiger partial charge in [0, 0.05) is 18.8 Å². The van der Waals surface area contributed by atoms with Crippen molar-refractivity contribution in [2.75, 3.05) is 13.2 Å². The summed E-state index contributed by atoms with van der Waals surface area (Å²) < 4.78 is 5.50. The predicted molar refractivity (Wildman–Crippen MR) is 77.2 cm³/mol.